The van der Waals surface area contributed by atoms with Crippen LogP contribution >= 0.6 is 0 Å². The molecule has 0 heterocycles. The van der Waals surface area contributed by atoms with Gasteiger partial charge >= 0.3 is 0 Å². The fourth-order valence-corrected chi connectivity index (χ4v) is 2.69. The smallest absolute Gasteiger partial charge is 0.187 e. The molecule has 6 heteroatoms. The Morgan fingerprint density at radius 3 is 1.33 bits per heavy atom. The highest BCUT2D eigenvalue weighted by Gasteiger charge is 2.05. The maximum absolute atomic E-state index is 12.3. The van der Waals surface area contributed by atoms with Gasteiger partial charge in [-0.2, -0.15) is 0 Å². The van der Waals surface area contributed by atoms with Crippen molar-refractivity contribution in [3.8, 4) is 11.5 Å². The zero-order valence-corrected chi connectivity index (χ0v) is 17.8. The summed E-state index contributed by atoms with van der Waals surface area (Å²) >= 11 is 0. The number of rotatable bonds is 11. The minimum atomic E-state index is -0.0724. The lowest BCUT2D eigenvalue weighted by atomic mass is 10.1. The van der Waals surface area contributed by atoms with Gasteiger partial charge in [0, 0.05) is 47.8 Å². The predicted molar refractivity (Wildman–Crippen MR) is 118 cm³/mol. The highest BCUT2D eigenvalue weighted by atomic mass is 16.5. The molecular weight excluding hydrogens is 380 g/mol. The van der Waals surface area contributed by atoms with E-state index in [4.69, 9.17) is 9.47 Å². The van der Waals surface area contributed by atoms with Gasteiger partial charge in [-0.1, -0.05) is 0 Å². The van der Waals surface area contributed by atoms with Crippen LogP contribution in [0.5, 0.6) is 11.5 Å². The first-order valence-corrected chi connectivity index (χ1v) is 9.64. The first kappa shape index (κ1) is 22.7. The van der Waals surface area contributed by atoms with E-state index in [0.29, 0.717) is 35.7 Å². The molecule has 0 fully saturated rings. The van der Waals surface area contributed by atoms with Gasteiger partial charge in [0.05, 0.1) is 14.2 Å². The molecule has 0 atom stereocenters. The lowest BCUT2D eigenvalue weighted by Crippen LogP contribution is -2.26. The van der Waals surface area contributed by atoms with Crippen molar-refractivity contribution >= 4 is 11.6 Å². The quantitative estimate of drug-likeness (QED) is 0.335. The van der Waals surface area contributed by atoms with E-state index >= 15 is 0 Å². The number of benzene rings is 2. The molecule has 2 aromatic carbocycles. The van der Waals surface area contributed by atoms with Gasteiger partial charge in [0.2, 0.25) is 0 Å². The summed E-state index contributed by atoms with van der Waals surface area (Å²) in [6.07, 6.45) is 3.13. The van der Waals surface area contributed by atoms with E-state index in [2.05, 4.69) is 10.6 Å². The second kappa shape index (κ2) is 11.5. The van der Waals surface area contributed by atoms with Crippen LogP contribution in [0.4, 0.5) is 0 Å². The van der Waals surface area contributed by atoms with E-state index < -0.39 is 0 Å². The van der Waals surface area contributed by atoms with Gasteiger partial charge in [-0.05, 0) is 62.4 Å². The lowest BCUT2D eigenvalue weighted by Gasteiger charge is -2.09. The number of hydrogen-bond acceptors (Lipinski definition) is 6. The molecule has 0 bridgehead atoms. The van der Waals surface area contributed by atoms with Crippen molar-refractivity contribution < 1.29 is 19.1 Å². The number of allylic oxidation sites excluding steroid dienone is 4. The summed E-state index contributed by atoms with van der Waals surface area (Å²) in [6, 6.07) is 14.0. The fraction of sp³-hybridized carbons (Fsp3) is 0.250. The third-order valence-corrected chi connectivity index (χ3v) is 4.38. The van der Waals surface area contributed by atoms with Crippen LogP contribution in [0.15, 0.2) is 72.1 Å². The number of carbonyl (C=O) groups is 2. The van der Waals surface area contributed by atoms with Gasteiger partial charge in [-0.3, -0.25) is 9.59 Å². The molecule has 6 nitrogen and oxygen atoms in total. The van der Waals surface area contributed by atoms with Gasteiger partial charge < -0.3 is 20.1 Å². The molecule has 30 heavy (non-hydrogen) atoms. The highest BCUT2D eigenvalue weighted by molar-refractivity contribution is 6.05. The van der Waals surface area contributed by atoms with Gasteiger partial charge in [0.25, 0.3) is 0 Å². The summed E-state index contributed by atoms with van der Waals surface area (Å²) < 4.78 is 10.2. The zero-order chi connectivity index (χ0) is 21.9. The van der Waals surface area contributed by atoms with Gasteiger partial charge in [-0.15, -0.1) is 0 Å². The molecule has 0 saturated carbocycles. The van der Waals surface area contributed by atoms with Crippen molar-refractivity contribution in [2.45, 2.75) is 13.8 Å². The predicted octanol–water partition coefficient (Wildman–Crippen LogP) is 3.76. The van der Waals surface area contributed by atoms with E-state index in [-0.39, 0.29) is 11.6 Å². The van der Waals surface area contributed by atoms with Crippen LogP contribution in [0.1, 0.15) is 34.6 Å². The third-order valence-electron chi connectivity index (χ3n) is 4.38. The molecule has 0 aliphatic rings. The van der Waals surface area contributed by atoms with Crippen LogP contribution in [-0.4, -0.2) is 38.9 Å². The maximum atomic E-state index is 12.3. The van der Waals surface area contributed by atoms with Gasteiger partial charge in [0.1, 0.15) is 11.5 Å². The van der Waals surface area contributed by atoms with Crippen molar-refractivity contribution in [1.82, 2.24) is 10.6 Å². The minimum Gasteiger partial charge on any atom is -0.497 e. The monoisotopic (exact) mass is 408 g/mol. The molecular formula is C24H28N2O4. The Labute approximate surface area is 177 Å². The summed E-state index contributed by atoms with van der Waals surface area (Å²) in [6.45, 7) is 4.91. The Kier molecular flexibility index (Phi) is 8.69. The number of carbonyl (C=O) groups excluding carboxylic acids is 2. The van der Waals surface area contributed by atoms with Crippen molar-refractivity contribution in [3.05, 3.63) is 83.2 Å². The molecule has 158 valence electrons. The first-order chi connectivity index (χ1) is 14.4. The number of nitrogens with one attached hydrogen (secondary N) is 2. The zero-order valence-electron chi connectivity index (χ0n) is 17.8. The molecule has 0 unspecified atom stereocenters. The number of ketones is 2. The fourth-order valence-electron chi connectivity index (χ4n) is 2.69. The van der Waals surface area contributed by atoms with Crippen LogP contribution in [-0.2, 0) is 0 Å². The van der Waals surface area contributed by atoms with Crippen LogP contribution < -0.4 is 20.1 Å². The molecule has 0 aromatic heterocycles. The summed E-state index contributed by atoms with van der Waals surface area (Å²) in [5.74, 6) is 1.28. The van der Waals surface area contributed by atoms with Crippen molar-refractivity contribution in [2.24, 2.45) is 0 Å². The molecule has 2 rings (SSSR count). The van der Waals surface area contributed by atoms with Crippen LogP contribution in [0.2, 0.25) is 0 Å². The first-order valence-electron chi connectivity index (χ1n) is 9.64. The van der Waals surface area contributed by atoms with E-state index in [1.165, 1.54) is 0 Å². The molecule has 0 saturated heterocycles. The molecule has 0 aliphatic heterocycles. The van der Waals surface area contributed by atoms with E-state index in [0.717, 1.165) is 11.4 Å². The Balaban J connectivity index is 1.78. The van der Waals surface area contributed by atoms with Crippen molar-refractivity contribution in [1.29, 1.82) is 0 Å². The van der Waals surface area contributed by atoms with Gasteiger partial charge in [-0.25, -0.2) is 0 Å². The third kappa shape index (κ3) is 7.13. The molecule has 2 aromatic rings. The largest absolute Gasteiger partial charge is 0.497 e. The SMILES string of the molecule is COc1ccc(C(=O)C=C(C)NCCNC(C)=CC(=O)c2ccc(OC)cc2)cc1. The second-order valence-corrected chi connectivity index (χ2v) is 6.69. The normalized spacial score (nSPS) is 11.6. The minimum absolute atomic E-state index is 0.0724. The summed E-state index contributed by atoms with van der Waals surface area (Å²) in [7, 11) is 3.18. The standard InChI is InChI=1S/C24H28N2O4/c1-17(15-23(27)19-5-9-21(29-3)10-6-19)25-13-14-26-18(2)16-24(28)20-7-11-22(30-4)12-8-20/h5-12,15-16,25-26H,13-14H2,1-4H3. The lowest BCUT2D eigenvalue weighted by molar-refractivity contribution is 0.103. The maximum Gasteiger partial charge on any atom is 0.187 e. The van der Waals surface area contributed by atoms with Crippen molar-refractivity contribution in [2.75, 3.05) is 27.3 Å². The summed E-state index contributed by atoms with van der Waals surface area (Å²) in [5.41, 5.74) is 2.75. The molecule has 0 aliphatic carbocycles. The number of methoxy groups -OCH3 is 2. The summed E-state index contributed by atoms with van der Waals surface area (Å²) in [5, 5.41) is 6.37. The van der Waals surface area contributed by atoms with Gasteiger partial charge in [0.15, 0.2) is 11.6 Å². The van der Waals surface area contributed by atoms with Crippen LogP contribution in [0, 0.1) is 0 Å². The highest BCUT2D eigenvalue weighted by Crippen LogP contribution is 2.13. The molecule has 0 amide bonds. The summed E-state index contributed by atoms with van der Waals surface area (Å²) in [4.78, 5) is 24.5. The topological polar surface area (TPSA) is 76.7 Å². The Morgan fingerprint density at radius 2 is 1.03 bits per heavy atom. The average Bonchev–Trinajstić information content (AvgIpc) is 2.76. The van der Waals surface area contributed by atoms with E-state index in [9.17, 15) is 9.59 Å². The van der Waals surface area contributed by atoms with E-state index in [1.807, 2.05) is 13.8 Å². The molecule has 0 spiro atoms. The Morgan fingerprint density at radius 1 is 0.700 bits per heavy atom. The second-order valence-electron chi connectivity index (χ2n) is 6.69. The van der Waals surface area contributed by atoms with E-state index in [1.54, 1.807) is 74.9 Å². The average molecular weight is 408 g/mol. The molecule has 0 radical (unpaired) electrons. The van der Waals surface area contributed by atoms with Crippen molar-refractivity contribution in [3.63, 3.8) is 0 Å². The number of ether oxygens (including phenoxy) is 2. The molecule has 2 N–H and O–H groups in total. The number of hydrogen-bond donors (Lipinski definition) is 2. The Hall–Kier alpha value is -3.54. The van der Waals surface area contributed by atoms with Crippen LogP contribution in [0.25, 0.3) is 0 Å². The van der Waals surface area contributed by atoms with Crippen LogP contribution in [0.3, 0.4) is 0 Å². The Bertz CT molecular complexity index is 836.